The molecule has 0 unspecified atom stereocenters. The maximum atomic E-state index is 14.2. The van der Waals surface area contributed by atoms with Crippen LogP contribution in [0.1, 0.15) is 105 Å². The number of aliphatic carboxylic acids is 2. The number of phenols is 1. The lowest BCUT2D eigenvalue weighted by molar-refractivity contribution is -0.145. The maximum Gasteiger partial charge on any atom is 0.326 e. The van der Waals surface area contributed by atoms with Gasteiger partial charge in [0, 0.05) is 25.9 Å². The van der Waals surface area contributed by atoms with E-state index in [0.717, 1.165) is 4.90 Å². The lowest BCUT2D eigenvalue weighted by Gasteiger charge is -2.31. The molecule has 24 heteroatoms. The third-order valence-electron chi connectivity index (χ3n) is 12.2. The van der Waals surface area contributed by atoms with Crippen LogP contribution in [0.2, 0.25) is 0 Å². The summed E-state index contributed by atoms with van der Waals surface area (Å²) >= 11 is 0. The largest absolute Gasteiger partial charge is 0.508 e. The summed E-state index contributed by atoms with van der Waals surface area (Å²) in [4.78, 5) is 147. The second-order valence-corrected chi connectivity index (χ2v) is 19.2. The summed E-state index contributed by atoms with van der Waals surface area (Å²) < 4.78 is 0. The number of carboxylic acids is 2. The van der Waals surface area contributed by atoms with Crippen molar-refractivity contribution < 1.29 is 68.1 Å². The lowest BCUT2D eigenvalue weighted by atomic mass is 9.99. The van der Waals surface area contributed by atoms with Crippen LogP contribution < -0.4 is 43.4 Å². The highest BCUT2D eigenvalue weighted by atomic mass is 16.4. The molecule has 0 spiro atoms. The van der Waals surface area contributed by atoms with Crippen LogP contribution >= 0.6 is 0 Å². The van der Waals surface area contributed by atoms with Gasteiger partial charge >= 0.3 is 11.9 Å². The van der Waals surface area contributed by atoms with Crippen LogP contribution in [0.15, 0.2) is 24.3 Å². The smallest absolute Gasteiger partial charge is 0.326 e. The Labute approximate surface area is 412 Å². The number of likely N-dealkylation sites (tertiary alicyclic amines) is 2. The zero-order chi connectivity index (χ0) is 53.3. The zero-order valence-corrected chi connectivity index (χ0v) is 41.2. The SMILES string of the molecule is CC(C)C[C@H](NC(=O)[C@@H](NC(=O)[C@@H]1CCCN1C(=O)[C@H](CCC(=O)O)NC(=O)[C@H](CCC(N)=O)NC(=O)[C@@H](N)Cc1ccc(O)cc1)C(C)C)C(=O)NCC(=O)N1CCC[C@H]1C(=O)N[C@H](C(=O)O)C(C)C. The Morgan fingerprint density at radius 3 is 1.70 bits per heavy atom. The Morgan fingerprint density at radius 1 is 0.648 bits per heavy atom. The van der Waals surface area contributed by atoms with Crippen molar-refractivity contribution in [2.24, 2.45) is 29.2 Å². The monoisotopic (exact) mass is 1000 g/mol. The third-order valence-corrected chi connectivity index (χ3v) is 12.2. The fourth-order valence-electron chi connectivity index (χ4n) is 8.35. The summed E-state index contributed by atoms with van der Waals surface area (Å²) in [6.45, 7) is 9.87. The number of benzene rings is 1. The minimum Gasteiger partial charge on any atom is -0.508 e. The van der Waals surface area contributed by atoms with Gasteiger partial charge in [-0.15, -0.1) is 0 Å². The molecule has 2 aliphatic rings. The van der Waals surface area contributed by atoms with E-state index in [2.05, 4.69) is 31.9 Å². The van der Waals surface area contributed by atoms with Crippen LogP contribution in [0.25, 0.3) is 0 Å². The first kappa shape index (κ1) is 58.5. The van der Waals surface area contributed by atoms with Crippen molar-refractivity contribution in [1.82, 2.24) is 41.7 Å². The summed E-state index contributed by atoms with van der Waals surface area (Å²) in [5, 5.41) is 44.0. The first-order valence-corrected chi connectivity index (χ1v) is 24.0. The van der Waals surface area contributed by atoms with Crippen molar-refractivity contribution in [2.45, 2.75) is 154 Å². The molecule has 2 heterocycles. The van der Waals surface area contributed by atoms with Crippen LogP contribution in [-0.2, 0) is 59.2 Å². The minimum atomic E-state index is -1.53. The Bertz CT molecular complexity index is 2100. The standard InChI is InChI=1S/C47H72N10O14/c1-24(2)21-32(41(64)50-23-36(60)56-19-7-9-33(56)43(66)55-39(26(5)6)47(70)71)53-45(68)38(25(3)4)54-44(67)34-10-8-20-57(34)46(69)31(16-18-37(61)62)52-42(65)30(15-17-35(49)59)51-40(63)29(48)22-27-11-13-28(58)14-12-27/h11-14,24-26,29-34,38-39,58H,7-10,15-23,48H2,1-6H3,(H2,49,59)(H,50,64)(H,51,63)(H,52,65)(H,53,68)(H,54,67)(H,55,66)(H,61,62)(H,70,71)/t29-,30-,31-,32-,33-,34-,38-,39-/m0/s1. The van der Waals surface area contributed by atoms with Crippen LogP contribution in [0.3, 0.4) is 0 Å². The summed E-state index contributed by atoms with van der Waals surface area (Å²) in [6.07, 6.45) is -0.340. The molecule has 13 N–H and O–H groups in total. The number of phenolic OH excluding ortho intramolecular Hbond substituents is 1. The summed E-state index contributed by atoms with van der Waals surface area (Å²) in [7, 11) is 0. The Kier molecular flexibility index (Phi) is 22.7. The van der Waals surface area contributed by atoms with E-state index in [0.29, 0.717) is 24.8 Å². The van der Waals surface area contributed by atoms with Gasteiger partial charge in [0.05, 0.1) is 12.6 Å². The molecule has 0 saturated carbocycles. The normalized spacial score (nSPS) is 18.1. The molecule has 1 aromatic rings. The molecule has 0 aromatic heterocycles. The highest BCUT2D eigenvalue weighted by Crippen LogP contribution is 2.22. The predicted molar refractivity (Wildman–Crippen MR) is 254 cm³/mol. The van der Waals surface area contributed by atoms with Gasteiger partial charge < -0.3 is 68.5 Å². The zero-order valence-electron chi connectivity index (χ0n) is 41.2. The highest BCUT2D eigenvalue weighted by Gasteiger charge is 2.41. The number of aromatic hydroxyl groups is 1. The molecule has 71 heavy (non-hydrogen) atoms. The minimum absolute atomic E-state index is 0.00486. The number of nitrogens with one attached hydrogen (secondary N) is 6. The molecule has 2 fully saturated rings. The van der Waals surface area contributed by atoms with E-state index in [-0.39, 0.29) is 56.9 Å². The van der Waals surface area contributed by atoms with Gasteiger partial charge in [-0.25, -0.2) is 4.79 Å². The molecular formula is C47H72N10O14. The molecule has 8 atom stereocenters. The molecule has 24 nitrogen and oxygen atoms in total. The van der Waals surface area contributed by atoms with Crippen LogP contribution in [0, 0.1) is 17.8 Å². The van der Waals surface area contributed by atoms with Gasteiger partial charge in [0.2, 0.25) is 53.2 Å². The number of nitrogens with two attached hydrogens (primary N) is 2. The summed E-state index contributed by atoms with van der Waals surface area (Å²) in [5.41, 5.74) is 12.0. The number of primary amides is 1. The molecule has 9 amide bonds. The molecule has 2 saturated heterocycles. The quantitative estimate of drug-likeness (QED) is 0.0471. The summed E-state index contributed by atoms with van der Waals surface area (Å²) in [6, 6.07) is -3.97. The van der Waals surface area contributed by atoms with Gasteiger partial charge in [-0.2, -0.15) is 0 Å². The second-order valence-electron chi connectivity index (χ2n) is 19.2. The van der Waals surface area contributed by atoms with Crippen molar-refractivity contribution in [3.05, 3.63) is 29.8 Å². The number of carboxylic acid groups (broad SMARTS) is 2. The number of nitrogens with zero attached hydrogens (tertiary/aromatic N) is 2. The topological polar surface area (TPSA) is 379 Å². The fraction of sp³-hybridized carbons (Fsp3) is 0.638. The van der Waals surface area contributed by atoms with Crippen molar-refractivity contribution in [3.8, 4) is 5.75 Å². The van der Waals surface area contributed by atoms with Crippen molar-refractivity contribution in [1.29, 1.82) is 0 Å². The molecule has 394 valence electrons. The van der Waals surface area contributed by atoms with Crippen molar-refractivity contribution >= 4 is 65.1 Å². The van der Waals surface area contributed by atoms with Gasteiger partial charge in [-0.3, -0.25) is 47.9 Å². The van der Waals surface area contributed by atoms with E-state index in [1.165, 1.54) is 17.0 Å². The van der Waals surface area contributed by atoms with E-state index in [1.807, 2.05) is 0 Å². The maximum absolute atomic E-state index is 14.2. The predicted octanol–water partition coefficient (Wildman–Crippen LogP) is -1.64. The van der Waals surface area contributed by atoms with Gasteiger partial charge in [0.1, 0.15) is 48.0 Å². The van der Waals surface area contributed by atoms with Crippen LogP contribution in [0.4, 0.5) is 0 Å². The number of carbonyl (C=O) groups is 11. The Balaban J connectivity index is 1.73. The molecule has 0 aliphatic carbocycles. The fourth-order valence-corrected chi connectivity index (χ4v) is 8.35. The Hall–Kier alpha value is -6.85. The molecule has 3 rings (SSSR count). The molecular weight excluding hydrogens is 929 g/mol. The third kappa shape index (κ3) is 18.1. The highest BCUT2D eigenvalue weighted by molar-refractivity contribution is 5.98. The van der Waals surface area contributed by atoms with E-state index >= 15 is 0 Å². The number of amides is 9. The second kappa shape index (κ2) is 27.5. The number of carbonyl (C=O) groups excluding carboxylic acids is 9. The van der Waals surface area contributed by atoms with Gasteiger partial charge in [0.25, 0.3) is 0 Å². The number of hydrogen-bond acceptors (Lipinski definition) is 13. The van der Waals surface area contributed by atoms with Crippen molar-refractivity contribution in [2.75, 3.05) is 19.6 Å². The Morgan fingerprint density at radius 2 is 1.17 bits per heavy atom. The van der Waals surface area contributed by atoms with E-state index < -0.39 is 145 Å². The van der Waals surface area contributed by atoms with Crippen molar-refractivity contribution in [3.63, 3.8) is 0 Å². The van der Waals surface area contributed by atoms with Gasteiger partial charge in [0.15, 0.2) is 0 Å². The van der Waals surface area contributed by atoms with E-state index in [4.69, 9.17) is 11.5 Å². The van der Waals surface area contributed by atoms with Crippen LogP contribution in [0.5, 0.6) is 5.75 Å². The van der Waals surface area contributed by atoms with Crippen LogP contribution in [-0.4, -0.2) is 158 Å². The van der Waals surface area contributed by atoms with Gasteiger partial charge in [-0.05, 0) is 86.8 Å². The molecule has 2 aliphatic heterocycles. The average molecular weight is 1000 g/mol. The first-order chi connectivity index (χ1) is 33.3. The van der Waals surface area contributed by atoms with E-state index in [1.54, 1.807) is 53.7 Å². The number of rotatable bonds is 27. The summed E-state index contributed by atoms with van der Waals surface area (Å²) in [5.74, 6) is -10.4. The van der Waals surface area contributed by atoms with E-state index in [9.17, 15) is 68.1 Å². The number of hydrogen-bond donors (Lipinski definition) is 11. The lowest BCUT2D eigenvalue weighted by Crippen LogP contribution is -2.60. The average Bonchev–Trinajstić information content (AvgIpc) is 4.00. The molecule has 1 aromatic carbocycles. The van der Waals surface area contributed by atoms with Gasteiger partial charge in [-0.1, -0.05) is 53.7 Å². The molecule has 0 radical (unpaired) electrons. The first-order valence-electron chi connectivity index (χ1n) is 24.0. The molecule has 0 bridgehead atoms.